The normalized spacial score (nSPS) is 9.80. The van der Waals surface area contributed by atoms with Gasteiger partial charge in [-0.05, 0) is 17.5 Å². The van der Waals surface area contributed by atoms with Gasteiger partial charge in [0.1, 0.15) is 5.00 Å². The molecule has 4 nitrogen and oxygen atoms in total. The number of hydrogen-bond acceptors (Lipinski definition) is 3. The number of fused-ring (bicyclic) bond motifs is 1. The van der Waals surface area contributed by atoms with Crippen molar-refractivity contribution in [1.29, 1.82) is 5.26 Å². The molecule has 2 N–H and O–H groups in total. The fourth-order valence-electron chi connectivity index (χ4n) is 1.29. The molecule has 0 saturated heterocycles. The van der Waals surface area contributed by atoms with E-state index >= 15 is 0 Å². The highest BCUT2D eigenvalue weighted by molar-refractivity contribution is 7.23. The number of primary amides is 1. The Labute approximate surface area is 90.1 Å². The largest absolute Gasteiger partial charge is 0.350 e. The molecule has 1 heterocycles. The van der Waals surface area contributed by atoms with Gasteiger partial charge in [0.25, 0.3) is 0 Å². The molecular weight excluding hydrogens is 210 g/mol. The van der Waals surface area contributed by atoms with Gasteiger partial charge < -0.3 is 5.73 Å². The lowest BCUT2D eigenvalue weighted by Gasteiger charge is -2.05. The van der Waals surface area contributed by atoms with Gasteiger partial charge in [0.2, 0.25) is 0 Å². The maximum absolute atomic E-state index is 10.9. The Morgan fingerprint density at radius 1 is 1.47 bits per heavy atom. The summed E-state index contributed by atoms with van der Waals surface area (Å²) in [7, 11) is 0. The number of anilines is 1. The molecule has 0 radical (unpaired) electrons. The molecule has 5 heteroatoms. The molecule has 0 aliphatic heterocycles. The third-order valence-corrected chi connectivity index (χ3v) is 3.05. The molecule has 1 aromatic heterocycles. The van der Waals surface area contributed by atoms with Crippen LogP contribution in [0.3, 0.4) is 0 Å². The Bertz CT molecular complexity index is 522. The molecule has 0 fully saturated rings. The van der Waals surface area contributed by atoms with Crippen molar-refractivity contribution in [3.8, 4) is 6.19 Å². The van der Waals surface area contributed by atoms with Crippen LogP contribution in [0, 0.1) is 11.5 Å². The Balaban J connectivity index is 2.53. The Kier molecular flexibility index (Phi) is 2.27. The number of nitriles is 1. The van der Waals surface area contributed by atoms with Crippen LogP contribution in [0.2, 0.25) is 0 Å². The molecule has 0 atom stereocenters. The predicted molar refractivity (Wildman–Crippen MR) is 59.5 cm³/mol. The van der Waals surface area contributed by atoms with Gasteiger partial charge >= 0.3 is 6.03 Å². The summed E-state index contributed by atoms with van der Waals surface area (Å²) in [6.45, 7) is 0. The summed E-state index contributed by atoms with van der Waals surface area (Å²) in [6, 6.07) is 8.67. The lowest BCUT2D eigenvalue weighted by Crippen LogP contribution is -2.30. The van der Waals surface area contributed by atoms with E-state index in [4.69, 9.17) is 11.0 Å². The number of carbonyl (C=O) groups is 1. The van der Waals surface area contributed by atoms with Crippen LogP contribution in [0.15, 0.2) is 30.3 Å². The maximum atomic E-state index is 10.9. The zero-order valence-corrected chi connectivity index (χ0v) is 8.49. The molecule has 0 aliphatic rings. The molecule has 0 unspecified atom stereocenters. The van der Waals surface area contributed by atoms with E-state index in [1.54, 1.807) is 12.3 Å². The monoisotopic (exact) mass is 217 g/mol. The Morgan fingerprint density at radius 2 is 2.20 bits per heavy atom. The molecule has 74 valence electrons. The standard InChI is InChI=1S/C10H7N3OS/c11-6-13(10(12)14)9-5-7-3-1-2-4-8(7)15-9/h1-5H,(H2,12,14). The first-order chi connectivity index (χ1) is 7.22. The summed E-state index contributed by atoms with van der Waals surface area (Å²) < 4.78 is 1.02. The topological polar surface area (TPSA) is 70.1 Å². The number of urea groups is 1. The molecular formula is C10H7N3OS. The number of amides is 2. The van der Waals surface area contributed by atoms with E-state index in [1.165, 1.54) is 11.3 Å². The number of nitrogens with two attached hydrogens (primary N) is 1. The Morgan fingerprint density at radius 3 is 2.80 bits per heavy atom. The first kappa shape index (κ1) is 9.49. The molecule has 0 bridgehead atoms. The highest BCUT2D eigenvalue weighted by Crippen LogP contribution is 2.31. The van der Waals surface area contributed by atoms with Crippen LogP contribution in [0.25, 0.3) is 10.1 Å². The van der Waals surface area contributed by atoms with Crippen molar-refractivity contribution in [2.45, 2.75) is 0 Å². The summed E-state index contributed by atoms with van der Waals surface area (Å²) in [5.41, 5.74) is 5.07. The molecule has 1 aromatic carbocycles. The van der Waals surface area contributed by atoms with Gasteiger partial charge in [-0.1, -0.05) is 18.2 Å². The predicted octanol–water partition coefficient (Wildman–Crippen LogP) is 2.27. The SMILES string of the molecule is N#CN(C(N)=O)c1cc2ccccc2s1. The van der Waals surface area contributed by atoms with E-state index in [0.717, 1.165) is 15.0 Å². The quantitative estimate of drug-likeness (QED) is 0.588. The first-order valence-electron chi connectivity index (χ1n) is 4.20. The van der Waals surface area contributed by atoms with Crippen molar-refractivity contribution in [1.82, 2.24) is 0 Å². The van der Waals surface area contributed by atoms with Gasteiger partial charge in [-0.3, -0.25) is 0 Å². The van der Waals surface area contributed by atoms with Crippen molar-refractivity contribution in [3.63, 3.8) is 0 Å². The van der Waals surface area contributed by atoms with Crippen LogP contribution in [0.4, 0.5) is 9.80 Å². The van der Waals surface area contributed by atoms with Crippen molar-refractivity contribution in [3.05, 3.63) is 30.3 Å². The molecule has 2 aromatic rings. The second-order valence-corrected chi connectivity index (χ2v) is 3.96. The molecule has 2 amide bonds. The molecule has 2 rings (SSSR count). The number of benzene rings is 1. The summed E-state index contributed by atoms with van der Waals surface area (Å²) in [6.07, 6.45) is 1.75. The van der Waals surface area contributed by atoms with Crippen LogP contribution in [0.5, 0.6) is 0 Å². The minimum absolute atomic E-state index is 0.547. The van der Waals surface area contributed by atoms with E-state index in [9.17, 15) is 4.79 Å². The van der Waals surface area contributed by atoms with Crippen LogP contribution in [-0.2, 0) is 0 Å². The van der Waals surface area contributed by atoms with E-state index in [1.807, 2.05) is 24.3 Å². The average Bonchev–Trinajstić information content (AvgIpc) is 2.61. The van der Waals surface area contributed by atoms with Gasteiger partial charge in [0.05, 0.1) is 0 Å². The van der Waals surface area contributed by atoms with Crippen molar-refractivity contribution < 1.29 is 4.79 Å². The summed E-state index contributed by atoms with van der Waals surface area (Å²) in [5, 5.41) is 10.3. The third kappa shape index (κ3) is 1.63. The minimum atomic E-state index is -0.760. The lowest BCUT2D eigenvalue weighted by molar-refractivity contribution is 0.256. The fourth-order valence-corrected chi connectivity index (χ4v) is 2.31. The van der Waals surface area contributed by atoms with E-state index in [0.29, 0.717) is 5.00 Å². The number of nitrogens with zero attached hydrogens (tertiary/aromatic N) is 2. The fraction of sp³-hybridized carbons (Fsp3) is 0. The van der Waals surface area contributed by atoms with Gasteiger partial charge in [-0.15, -0.1) is 11.3 Å². The van der Waals surface area contributed by atoms with Gasteiger partial charge in [-0.25, -0.2) is 4.79 Å². The van der Waals surface area contributed by atoms with Gasteiger partial charge in [-0.2, -0.15) is 10.2 Å². The second-order valence-electron chi connectivity index (χ2n) is 2.90. The van der Waals surface area contributed by atoms with Crippen LogP contribution >= 0.6 is 11.3 Å². The highest BCUT2D eigenvalue weighted by Gasteiger charge is 2.14. The van der Waals surface area contributed by atoms with Crippen LogP contribution < -0.4 is 10.6 Å². The summed E-state index contributed by atoms with van der Waals surface area (Å²) in [5.74, 6) is 0. The highest BCUT2D eigenvalue weighted by atomic mass is 32.1. The smallest absolute Gasteiger partial charge is 0.333 e. The van der Waals surface area contributed by atoms with E-state index in [2.05, 4.69) is 0 Å². The first-order valence-corrected chi connectivity index (χ1v) is 5.02. The zero-order chi connectivity index (χ0) is 10.8. The van der Waals surface area contributed by atoms with Crippen molar-refractivity contribution in [2.24, 2.45) is 5.73 Å². The molecule has 0 aliphatic carbocycles. The summed E-state index contributed by atoms with van der Waals surface area (Å²) in [4.78, 5) is 11.8. The Hall–Kier alpha value is -2.06. The number of carbonyl (C=O) groups excluding carboxylic acids is 1. The van der Waals surface area contributed by atoms with Crippen molar-refractivity contribution in [2.75, 3.05) is 4.90 Å². The second kappa shape index (κ2) is 3.59. The lowest BCUT2D eigenvalue weighted by atomic mass is 10.3. The third-order valence-electron chi connectivity index (χ3n) is 1.95. The van der Waals surface area contributed by atoms with Crippen LogP contribution in [0.1, 0.15) is 0 Å². The number of rotatable bonds is 1. The molecule has 0 saturated carbocycles. The minimum Gasteiger partial charge on any atom is -0.350 e. The average molecular weight is 217 g/mol. The summed E-state index contributed by atoms with van der Waals surface area (Å²) >= 11 is 1.36. The van der Waals surface area contributed by atoms with E-state index in [-0.39, 0.29) is 0 Å². The number of hydrogen-bond donors (Lipinski definition) is 1. The van der Waals surface area contributed by atoms with Gasteiger partial charge in [0, 0.05) is 4.70 Å². The van der Waals surface area contributed by atoms with Crippen LogP contribution in [-0.4, -0.2) is 6.03 Å². The van der Waals surface area contributed by atoms with Gasteiger partial charge in [0.15, 0.2) is 6.19 Å². The molecule has 15 heavy (non-hydrogen) atoms. The number of thiophene rings is 1. The molecule has 0 spiro atoms. The van der Waals surface area contributed by atoms with Crippen molar-refractivity contribution >= 4 is 32.5 Å². The maximum Gasteiger partial charge on any atom is 0.333 e. The zero-order valence-electron chi connectivity index (χ0n) is 7.68. The van der Waals surface area contributed by atoms with E-state index < -0.39 is 6.03 Å².